The molecule has 0 bridgehead atoms. The lowest BCUT2D eigenvalue weighted by atomic mass is 9.87. The van der Waals surface area contributed by atoms with Crippen molar-refractivity contribution in [1.82, 2.24) is 4.72 Å². The van der Waals surface area contributed by atoms with Crippen LogP contribution in [-0.4, -0.2) is 26.2 Å². The molecule has 0 saturated heterocycles. The van der Waals surface area contributed by atoms with E-state index in [9.17, 15) is 13.5 Å². The minimum Gasteiger partial charge on any atom is -0.399 e. The van der Waals surface area contributed by atoms with E-state index in [2.05, 4.69) is 4.72 Å². The van der Waals surface area contributed by atoms with Crippen molar-refractivity contribution in [2.24, 2.45) is 5.92 Å². The Morgan fingerprint density at radius 1 is 1.43 bits per heavy atom. The molecule has 0 heterocycles. The molecule has 1 aromatic rings. The number of benzene rings is 1. The van der Waals surface area contributed by atoms with Gasteiger partial charge in [-0.3, -0.25) is 0 Å². The summed E-state index contributed by atoms with van der Waals surface area (Å²) >= 11 is 0. The van der Waals surface area contributed by atoms with Crippen LogP contribution in [0.2, 0.25) is 0 Å². The minimum absolute atomic E-state index is 0.0335. The molecule has 0 amide bonds. The van der Waals surface area contributed by atoms with Crippen LogP contribution in [0.25, 0.3) is 0 Å². The first kappa shape index (κ1) is 15.8. The summed E-state index contributed by atoms with van der Waals surface area (Å²) in [5.74, 6) is 0.128. The number of hydrogen-bond acceptors (Lipinski definition) is 5. The molecule has 1 aliphatic carbocycles. The summed E-state index contributed by atoms with van der Waals surface area (Å²) in [5.41, 5.74) is 5.94. The summed E-state index contributed by atoms with van der Waals surface area (Å²) in [7, 11) is -3.75. The first-order valence-electron chi connectivity index (χ1n) is 6.89. The van der Waals surface area contributed by atoms with Gasteiger partial charge >= 0.3 is 0 Å². The van der Waals surface area contributed by atoms with Crippen LogP contribution in [0.1, 0.15) is 31.2 Å². The molecule has 7 heteroatoms. The fraction of sp³-hybridized carbons (Fsp3) is 0.500. The smallest absolute Gasteiger partial charge is 0.241 e. The van der Waals surface area contributed by atoms with Gasteiger partial charge in [0.1, 0.15) is 6.07 Å². The van der Waals surface area contributed by atoms with E-state index < -0.39 is 10.0 Å². The van der Waals surface area contributed by atoms with Crippen LogP contribution >= 0.6 is 0 Å². The van der Waals surface area contributed by atoms with E-state index in [0.717, 1.165) is 19.3 Å². The topological polar surface area (TPSA) is 116 Å². The second-order valence-electron chi connectivity index (χ2n) is 5.41. The summed E-state index contributed by atoms with van der Waals surface area (Å²) in [5, 5.41) is 18.6. The molecular weight excluding hydrogens is 290 g/mol. The van der Waals surface area contributed by atoms with Crippen LogP contribution in [-0.2, 0) is 10.0 Å². The average Bonchev–Trinajstić information content (AvgIpc) is 2.45. The maximum atomic E-state index is 12.3. The molecule has 114 valence electrons. The Bertz CT molecular complexity index is 652. The molecule has 2 atom stereocenters. The minimum atomic E-state index is -3.75. The quantitative estimate of drug-likeness (QED) is 0.717. The van der Waals surface area contributed by atoms with Gasteiger partial charge in [-0.05, 0) is 43.4 Å². The van der Waals surface area contributed by atoms with Crippen molar-refractivity contribution in [3.05, 3.63) is 23.8 Å². The Balaban J connectivity index is 2.10. The van der Waals surface area contributed by atoms with Gasteiger partial charge < -0.3 is 10.8 Å². The highest BCUT2D eigenvalue weighted by Crippen LogP contribution is 2.24. The molecule has 1 saturated carbocycles. The SMILES string of the molecule is N#Cc1cc(N)ccc1S(=O)(=O)NCC1CCCC(O)C1. The first-order chi connectivity index (χ1) is 9.92. The fourth-order valence-corrected chi connectivity index (χ4v) is 3.87. The molecule has 2 rings (SSSR count). The number of nitrogen functional groups attached to an aromatic ring is 1. The standard InChI is InChI=1S/C14H19N3O3S/c15-8-11-7-12(16)4-5-14(11)21(19,20)17-9-10-2-1-3-13(18)6-10/h4-5,7,10,13,17-18H,1-3,6,9,16H2. The van der Waals surface area contributed by atoms with E-state index in [1.165, 1.54) is 18.2 Å². The number of nitrogens with two attached hydrogens (primary N) is 1. The highest BCUT2D eigenvalue weighted by Gasteiger charge is 2.24. The Morgan fingerprint density at radius 2 is 2.19 bits per heavy atom. The lowest BCUT2D eigenvalue weighted by Crippen LogP contribution is -2.33. The van der Waals surface area contributed by atoms with Gasteiger partial charge in [0.05, 0.1) is 16.6 Å². The van der Waals surface area contributed by atoms with Gasteiger partial charge in [-0.25, -0.2) is 13.1 Å². The second-order valence-corrected chi connectivity index (χ2v) is 7.14. The number of aliphatic hydroxyl groups is 1. The number of anilines is 1. The molecule has 0 aromatic heterocycles. The lowest BCUT2D eigenvalue weighted by molar-refractivity contribution is 0.102. The Labute approximate surface area is 124 Å². The number of sulfonamides is 1. The van der Waals surface area contributed by atoms with Crippen molar-refractivity contribution in [3.63, 3.8) is 0 Å². The first-order valence-corrected chi connectivity index (χ1v) is 8.38. The third-order valence-corrected chi connectivity index (χ3v) is 5.21. The van der Waals surface area contributed by atoms with Gasteiger partial charge in [0.15, 0.2) is 0 Å². The van der Waals surface area contributed by atoms with Crippen molar-refractivity contribution in [2.45, 2.75) is 36.7 Å². The molecule has 6 nitrogen and oxygen atoms in total. The highest BCUT2D eigenvalue weighted by molar-refractivity contribution is 7.89. The summed E-state index contributed by atoms with van der Waals surface area (Å²) < 4.78 is 27.1. The van der Waals surface area contributed by atoms with Gasteiger partial charge in [0, 0.05) is 12.2 Å². The van der Waals surface area contributed by atoms with Gasteiger partial charge in [-0.1, -0.05) is 6.42 Å². The number of aliphatic hydroxyl groups excluding tert-OH is 1. The van der Waals surface area contributed by atoms with Gasteiger partial charge in [0.2, 0.25) is 10.0 Å². The number of nitrogens with zero attached hydrogens (tertiary/aromatic N) is 1. The maximum Gasteiger partial charge on any atom is 0.241 e. The number of nitriles is 1. The molecule has 0 spiro atoms. The van der Waals surface area contributed by atoms with Crippen LogP contribution in [0.4, 0.5) is 5.69 Å². The average molecular weight is 309 g/mol. The number of hydrogen-bond donors (Lipinski definition) is 3. The Hall–Kier alpha value is -1.62. The molecular formula is C14H19N3O3S. The molecule has 2 unspecified atom stereocenters. The predicted molar refractivity (Wildman–Crippen MR) is 78.7 cm³/mol. The molecule has 0 aliphatic heterocycles. The van der Waals surface area contributed by atoms with Gasteiger partial charge in [-0.2, -0.15) is 5.26 Å². The zero-order valence-corrected chi connectivity index (χ0v) is 12.4. The lowest BCUT2D eigenvalue weighted by Gasteiger charge is -2.25. The zero-order chi connectivity index (χ0) is 15.5. The number of nitrogens with one attached hydrogen (secondary N) is 1. The predicted octanol–water partition coefficient (Wildman–Crippen LogP) is 0.970. The highest BCUT2D eigenvalue weighted by atomic mass is 32.2. The van der Waals surface area contributed by atoms with E-state index in [0.29, 0.717) is 12.1 Å². The monoisotopic (exact) mass is 309 g/mol. The van der Waals surface area contributed by atoms with Crippen LogP contribution in [0, 0.1) is 17.2 Å². The van der Waals surface area contributed by atoms with Crippen molar-refractivity contribution in [2.75, 3.05) is 12.3 Å². The second kappa shape index (κ2) is 6.43. The molecule has 1 aromatic carbocycles. The summed E-state index contributed by atoms with van der Waals surface area (Å²) in [6, 6.07) is 5.99. The van der Waals surface area contributed by atoms with Crippen LogP contribution in [0.15, 0.2) is 23.1 Å². The van der Waals surface area contributed by atoms with Crippen molar-refractivity contribution in [3.8, 4) is 6.07 Å². The Morgan fingerprint density at radius 3 is 2.86 bits per heavy atom. The molecule has 0 radical (unpaired) electrons. The normalized spacial score (nSPS) is 22.7. The third-order valence-electron chi connectivity index (χ3n) is 3.73. The zero-order valence-electron chi connectivity index (χ0n) is 11.6. The largest absolute Gasteiger partial charge is 0.399 e. The van der Waals surface area contributed by atoms with Crippen LogP contribution in [0.3, 0.4) is 0 Å². The summed E-state index contributed by atoms with van der Waals surface area (Å²) in [4.78, 5) is -0.0597. The molecule has 1 aliphatic rings. The van der Waals surface area contributed by atoms with Crippen LogP contribution in [0.5, 0.6) is 0 Å². The summed E-state index contributed by atoms with van der Waals surface area (Å²) in [6.45, 7) is 0.272. The van der Waals surface area contributed by atoms with Crippen molar-refractivity contribution in [1.29, 1.82) is 5.26 Å². The van der Waals surface area contributed by atoms with E-state index in [4.69, 9.17) is 11.0 Å². The van der Waals surface area contributed by atoms with E-state index in [-0.39, 0.29) is 29.0 Å². The Kier molecular flexibility index (Phi) is 4.83. The molecule has 21 heavy (non-hydrogen) atoms. The van der Waals surface area contributed by atoms with Crippen LogP contribution < -0.4 is 10.5 Å². The molecule has 4 N–H and O–H groups in total. The van der Waals surface area contributed by atoms with Gasteiger partial charge in [0.25, 0.3) is 0 Å². The summed E-state index contributed by atoms with van der Waals surface area (Å²) in [6.07, 6.45) is 2.83. The fourth-order valence-electron chi connectivity index (χ4n) is 2.62. The van der Waals surface area contributed by atoms with Gasteiger partial charge in [-0.15, -0.1) is 0 Å². The van der Waals surface area contributed by atoms with E-state index in [1.54, 1.807) is 0 Å². The number of rotatable bonds is 4. The third kappa shape index (κ3) is 3.94. The maximum absolute atomic E-state index is 12.3. The molecule has 1 fully saturated rings. The van der Waals surface area contributed by atoms with Crippen molar-refractivity contribution < 1.29 is 13.5 Å². The van der Waals surface area contributed by atoms with Crippen molar-refractivity contribution >= 4 is 15.7 Å². The van der Waals surface area contributed by atoms with E-state index in [1.807, 2.05) is 6.07 Å². The van der Waals surface area contributed by atoms with E-state index >= 15 is 0 Å².